The largest absolute Gasteiger partial charge is 0.378 e. The fraction of sp³-hybridized carbons (Fsp3) is 0.500. The summed E-state index contributed by atoms with van der Waals surface area (Å²) in [6.45, 7) is 1.75. The SMILES string of the molecule is CCCCN(CC(=O)NO)S(=O)(=O)c1ccc(N(C)C)cc1. The van der Waals surface area contributed by atoms with Crippen molar-refractivity contribution in [2.45, 2.75) is 24.7 Å². The first-order valence-electron chi connectivity index (χ1n) is 7.03. The Bertz CT molecular complexity index is 585. The number of anilines is 1. The smallest absolute Gasteiger partial charge is 0.258 e. The highest BCUT2D eigenvalue weighted by atomic mass is 32.2. The molecule has 0 bridgehead atoms. The van der Waals surface area contributed by atoms with Gasteiger partial charge in [0.1, 0.15) is 0 Å². The molecule has 0 aliphatic rings. The van der Waals surface area contributed by atoms with E-state index in [-0.39, 0.29) is 11.4 Å². The van der Waals surface area contributed by atoms with Gasteiger partial charge in [-0.25, -0.2) is 13.9 Å². The molecule has 2 N–H and O–H groups in total. The lowest BCUT2D eigenvalue weighted by atomic mass is 10.3. The average Bonchev–Trinajstić information content (AvgIpc) is 2.50. The molecule has 22 heavy (non-hydrogen) atoms. The highest BCUT2D eigenvalue weighted by Gasteiger charge is 2.26. The summed E-state index contributed by atoms with van der Waals surface area (Å²) >= 11 is 0. The minimum atomic E-state index is -3.78. The Hall–Kier alpha value is -1.64. The molecule has 7 nitrogen and oxygen atoms in total. The number of unbranched alkanes of at least 4 members (excludes halogenated alkanes) is 1. The lowest BCUT2D eigenvalue weighted by molar-refractivity contribution is -0.129. The number of hydrogen-bond acceptors (Lipinski definition) is 5. The molecule has 0 heterocycles. The molecular formula is C14H23N3O4S. The monoisotopic (exact) mass is 329 g/mol. The quantitative estimate of drug-likeness (QED) is 0.549. The maximum Gasteiger partial charge on any atom is 0.258 e. The van der Waals surface area contributed by atoms with Crippen LogP contribution in [0.15, 0.2) is 29.2 Å². The molecule has 1 rings (SSSR count). The maximum atomic E-state index is 12.6. The lowest BCUT2D eigenvalue weighted by Crippen LogP contribution is -2.40. The van der Waals surface area contributed by atoms with Crippen molar-refractivity contribution in [1.29, 1.82) is 0 Å². The third-order valence-corrected chi connectivity index (χ3v) is 5.06. The van der Waals surface area contributed by atoms with Crippen LogP contribution in [0.3, 0.4) is 0 Å². The van der Waals surface area contributed by atoms with Crippen molar-refractivity contribution < 1.29 is 18.4 Å². The predicted molar refractivity (Wildman–Crippen MR) is 84.4 cm³/mol. The second kappa shape index (κ2) is 8.11. The molecule has 0 saturated carbocycles. The van der Waals surface area contributed by atoms with E-state index < -0.39 is 22.5 Å². The zero-order valence-corrected chi connectivity index (χ0v) is 13.9. The van der Waals surface area contributed by atoms with E-state index >= 15 is 0 Å². The van der Waals surface area contributed by atoms with E-state index in [9.17, 15) is 13.2 Å². The first kappa shape index (κ1) is 18.4. The summed E-state index contributed by atoms with van der Waals surface area (Å²) in [7, 11) is -0.0506. The Balaban J connectivity index is 3.06. The maximum absolute atomic E-state index is 12.6. The van der Waals surface area contributed by atoms with E-state index in [0.29, 0.717) is 6.42 Å². The number of hydroxylamine groups is 1. The van der Waals surface area contributed by atoms with Crippen LogP contribution in [0.2, 0.25) is 0 Å². The predicted octanol–water partition coefficient (Wildman–Crippen LogP) is 1.05. The van der Waals surface area contributed by atoms with Gasteiger partial charge in [-0.15, -0.1) is 0 Å². The van der Waals surface area contributed by atoms with Crippen LogP contribution in [0.5, 0.6) is 0 Å². The molecule has 0 saturated heterocycles. The summed E-state index contributed by atoms with van der Waals surface area (Å²) < 4.78 is 26.3. The van der Waals surface area contributed by atoms with Crippen molar-refractivity contribution in [1.82, 2.24) is 9.79 Å². The van der Waals surface area contributed by atoms with Crippen LogP contribution in [0.4, 0.5) is 5.69 Å². The second-order valence-electron chi connectivity index (χ2n) is 5.12. The Labute approximate surface area is 131 Å². The first-order chi connectivity index (χ1) is 10.3. The molecule has 124 valence electrons. The number of nitrogens with one attached hydrogen (secondary N) is 1. The van der Waals surface area contributed by atoms with Gasteiger partial charge in [-0.2, -0.15) is 4.31 Å². The number of rotatable bonds is 8. The molecule has 0 unspecified atom stereocenters. The normalized spacial score (nSPS) is 11.5. The summed E-state index contributed by atoms with van der Waals surface area (Å²) in [6.07, 6.45) is 1.43. The van der Waals surface area contributed by atoms with E-state index in [1.807, 2.05) is 25.9 Å². The van der Waals surface area contributed by atoms with Crippen molar-refractivity contribution in [2.75, 3.05) is 32.1 Å². The van der Waals surface area contributed by atoms with Gasteiger partial charge < -0.3 is 4.90 Å². The Morgan fingerprint density at radius 2 is 1.82 bits per heavy atom. The number of amides is 1. The van der Waals surface area contributed by atoms with Crippen molar-refractivity contribution >= 4 is 21.6 Å². The Morgan fingerprint density at radius 3 is 2.27 bits per heavy atom. The van der Waals surface area contributed by atoms with Crippen LogP contribution in [0.25, 0.3) is 0 Å². The van der Waals surface area contributed by atoms with Gasteiger partial charge in [0.05, 0.1) is 11.4 Å². The highest BCUT2D eigenvalue weighted by Crippen LogP contribution is 2.20. The number of hydrogen-bond donors (Lipinski definition) is 2. The fourth-order valence-corrected chi connectivity index (χ4v) is 3.31. The molecule has 0 fully saturated rings. The highest BCUT2D eigenvalue weighted by molar-refractivity contribution is 7.89. The molecule has 0 spiro atoms. The van der Waals surface area contributed by atoms with Gasteiger partial charge >= 0.3 is 0 Å². The second-order valence-corrected chi connectivity index (χ2v) is 7.05. The van der Waals surface area contributed by atoms with Crippen LogP contribution in [0, 0.1) is 0 Å². The Morgan fingerprint density at radius 1 is 1.23 bits per heavy atom. The molecule has 0 aromatic heterocycles. The molecule has 1 amide bonds. The van der Waals surface area contributed by atoms with E-state index in [1.54, 1.807) is 12.1 Å². The summed E-state index contributed by atoms with van der Waals surface area (Å²) in [4.78, 5) is 13.3. The van der Waals surface area contributed by atoms with E-state index in [2.05, 4.69) is 0 Å². The van der Waals surface area contributed by atoms with Gasteiger partial charge in [-0.1, -0.05) is 13.3 Å². The van der Waals surface area contributed by atoms with Gasteiger partial charge in [0.2, 0.25) is 10.0 Å². The molecule has 1 aromatic rings. The topological polar surface area (TPSA) is 90.0 Å². The number of nitrogens with zero attached hydrogens (tertiary/aromatic N) is 2. The zero-order valence-electron chi connectivity index (χ0n) is 13.1. The number of sulfonamides is 1. The average molecular weight is 329 g/mol. The van der Waals surface area contributed by atoms with Crippen molar-refractivity contribution in [3.8, 4) is 0 Å². The third kappa shape index (κ3) is 4.69. The van der Waals surface area contributed by atoms with Crippen LogP contribution < -0.4 is 10.4 Å². The molecule has 8 heteroatoms. The Kier molecular flexibility index (Phi) is 6.79. The number of benzene rings is 1. The van der Waals surface area contributed by atoms with Gasteiger partial charge in [0.15, 0.2) is 0 Å². The number of carbonyl (C=O) groups excluding carboxylic acids is 1. The molecule has 0 aliphatic heterocycles. The zero-order chi connectivity index (χ0) is 16.8. The van der Waals surface area contributed by atoms with Crippen LogP contribution >= 0.6 is 0 Å². The lowest BCUT2D eigenvalue weighted by Gasteiger charge is -2.21. The minimum absolute atomic E-state index is 0.125. The molecule has 0 aliphatic carbocycles. The van der Waals surface area contributed by atoms with Crippen molar-refractivity contribution in [2.24, 2.45) is 0 Å². The summed E-state index contributed by atoms with van der Waals surface area (Å²) in [5.74, 6) is -0.760. The van der Waals surface area contributed by atoms with Gasteiger partial charge in [0.25, 0.3) is 5.91 Å². The molecule has 0 atom stereocenters. The van der Waals surface area contributed by atoms with Crippen molar-refractivity contribution in [3.63, 3.8) is 0 Å². The number of carbonyl (C=O) groups is 1. The van der Waals surface area contributed by atoms with E-state index in [0.717, 1.165) is 16.4 Å². The first-order valence-corrected chi connectivity index (χ1v) is 8.47. The third-order valence-electron chi connectivity index (χ3n) is 3.20. The van der Waals surface area contributed by atoms with Gasteiger partial charge in [-0.05, 0) is 30.7 Å². The summed E-state index contributed by atoms with van der Waals surface area (Å²) in [6, 6.07) is 6.44. The molecule has 1 aromatic carbocycles. The minimum Gasteiger partial charge on any atom is -0.378 e. The summed E-state index contributed by atoms with van der Waals surface area (Å²) in [5.41, 5.74) is 2.35. The standard InChI is InChI=1S/C14H23N3O4S/c1-4-5-10-17(11-14(18)15-19)22(20,21)13-8-6-12(7-9-13)16(2)3/h6-9,19H,4-5,10-11H2,1-3H3,(H,15,18). The van der Waals surface area contributed by atoms with Gasteiger partial charge in [-0.3, -0.25) is 10.0 Å². The molecule has 0 radical (unpaired) electrons. The summed E-state index contributed by atoms with van der Waals surface area (Å²) in [5, 5.41) is 8.62. The fourth-order valence-electron chi connectivity index (χ4n) is 1.88. The van der Waals surface area contributed by atoms with E-state index in [1.165, 1.54) is 17.6 Å². The van der Waals surface area contributed by atoms with Crippen molar-refractivity contribution in [3.05, 3.63) is 24.3 Å². The van der Waals surface area contributed by atoms with Crippen LogP contribution in [-0.2, 0) is 14.8 Å². The molecular weight excluding hydrogens is 306 g/mol. The van der Waals surface area contributed by atoms with Gasteiger partial charge in [0, 0.05) is 26.3 Å². The van der Waals surface area contributed by atoms with Crippen LogP contribution in [0.1, 0.15) is 19.8 Å². The van der Waals surface area contributed by atoms with E-state index in [4.69, 9.17) is 5.21 Å². The van der Waals surface area contributed by atoms with Crippen LogP contribution in [-0.4, -0.2) is 51.0 Å².